The molecule has 0 saturated carbocycles. The van der Waals surface area contributed by atoms with Gasteiger partial charge in [-0.1, -0.05) is 12.1 Å². The largest absolute Gasteiger partial charge is 0.491 e. The summed E-state index contributed by atoms with van der Waals surface area (Å²) in [5.74, 6) is 2.31. The predicted molar refractivity (Wildman–Crippen MR) is 111 cm³/mol. The van der Waals surface area contributed by atoms with E-state index in [4.69, 9.17) is 14.6 Å². The topological polar surface area (TPSA) is 111 Å². The molecule has 1 aliphatic heterocycles. The van der Waals surface area contributed by atoms with Crippen molar-refractivity contribution in [2.24, 2.45) is 5.92 Å². The van der Waals surface area contributed by atoms with Gasteiger partial charge in [0, 0.05) is 25.0 Å². The third-order valence-electron chi connectivity index (χ3n) is 4.61. The van der Waals surface area contributed by atoms with E-state index in [9.17, 15) is 10.5 Å². The molecule has 1 atom stereocenters. The van der Waals surface area contributed by atoms with Crippen LogP contribution in [0.2, 0.25) is 0 Å². The first-order valence-electron chi connectivity index (χ1n) is 9.32. The van der Waals surface area contributed by atoms with Crippen LogP contribution in [0, 0.1) is 28.6 Å². The Morgan fingerprint density at radius 2 is 2.03 bits per heavy atom. The monoisotopic (exact) mass is 410 g/mol. The molecule has 1 unspecified atom stereocenters. The summed E-state index contributed by atoms with van der Waals surface area (Å²) in [6.45, 7) is 1.64. The minimum atomic E-state index is -0.0680. The lowest BCUT2D eigenvalue weighted by molar-refractivity contribution is 0.189. The zero-order valence-electron chi connectivity index (χ0n) is 16.1. The van der Waals surface area contributed by atoms with Crippen molar-refractivity contribution in [2.45, 2.75) is 11.4 Å². The molecule has 1 fully saturated rings. The van der Waals surface area contributed by atoms with Crippen LogP contribution in [-0.2, 0) is 4.74 Å². The molecule has 1 aromatic carbocycles. The van der Waals surface area contributed by atoms with Crippen LogP contribution < -0.4 is 10.1 Å². The number of nitrogens with one attached hydrogen (secondary N) is 1. The molecule has 0 radical (unpaired) electrons. The van der Waals surface area contributed by atoms with Crippen molar-refractivity contribution < 1.29 is 14.6 Å². The highest BCUT2D eigenvalue weighted by molar-refractivity contribution is 7.99. The number of hydrogen-bond donors (Lipinski definition) is 2. The molecule has 2 N–H and O–H groups in total. The van der Waals surface area contributed by atoms with Gasteiger partial charge in [0.15, 0.2) is 0 Å². The molecule has 2 aromatic rings. The predicted octanol–water partition coefficient (Wildman–Crippen LogP) is 3.03. The molecule has 7 nitrogen and oxygen atoms in total. The average molecular weight is 410 g/mol. The number of pyridine rings is 1. The van der Waals surface area contributed by atoms with Crippen LogP contribution in [0.25, 0.3) is 11.1 Å². The van der Waals surface area contributed by atoms with Crippen molar-refractivity contribution in [2.75, 3.05) is 44.5 Å². The van der Waals surface area contributed by atoms with E-state index in [1.807, 2.05) is 12.1 Å². The van der Waals surface area contributed by atoms with Crippen LogP contribution in [0.3, 0.4) is 0 Å². The van der Waals surface area contributed by atoms with Gasteiger partial charge in [0.1, 0.15) is 40.9 Å². The third-order valence-corrected chi connectivity index (χ3v) is 5.81. The molecular weight excluding hydrogens is 388 g/mol. The molecule has 0 aliphatic carbocycles. The molecule has 150 valence electrons. The standard InChI is InChI=1S/C21H22N4O3S/c1-24-20-17(10-22)19(15-2-4-16(5-3-15)28-9-7-26)18(11-23)21(25-20)29-13-14-6-8-27-12-14/h2-5,14,26H,6-9,12-13H2,1H3,(H,24,25). The number of thioether (sulfide) groups is 1. The number of nitrogens with zero attached hydrogens (tertiary/aromatic N) is 3. The first-order valence-corrected chi connectivity index (χ1v) is 10.3. The molecule has 1 aromatic heterocycles. The summed E-state index contributed by atoms with van der Waals surface area (Å²) in [5.41, 5.74) is 2.03. The second-order valence-corrected chi connectivity index (χ2v) is 7.51. The van der Waals surface area contributed by atoms with Crippen LogP contribution in [0.15, 0.2) is 29.3 Å². The minimum Gasteiger partial charge on any atom is -0.491 e. The molecule has 0 amide bonds. The maximum atomic E-state index is 9.90. The Bertz CT molecular complexity index is 929. The zero-order valence-corrected chi connectivity index (χ0v) is 17.0. The van der Waals surface area contributed by atoms with Crippen molar-refractivity contribution in [1.29, 1.82) is 10.5 Å². The number of aliphatic hydroxyl groups is 1. The van der Waals surface area contributed by atoms with Crippen LogP contribution in [0.1, 0.15) is 17.5 Å². The van der Waals surface area contributed by atoms with Gasteiger partial charge >= 0.3 is 0 Å². The van der Waals surface area contributed by atoms with Gasteiger partial charge < -0.3 is 19.9 Å². The maximum absolute atomic E-state index is 9.90. The van der Waals surface area contributed by atoms with Gasteiger partial charge in [-0.2, -0.15) is 10.5 Å². The van der Waals surface area contributed by atoms with Crippen LogP contribution in [0.5, 0.6) is 5.75 Å². The number of hydrogen-bond acceptors (Lipinski definition) is 8. The van der Waals surface area contributed by atoms with E-state index in [2.05, 4.69) is 22.4 Å². The molecule has 0 spiro atoms. The number of aromatic nitrogens is 1. The highest BCUT2D eigenvalue weighted by Crippen LogP contribution is 2.37. The maximum Gasteiger partial charge on any atom is 0.145 e. The number of nitriles is 2. The Morgan fingerprint density at radius 1 is 1.28 bits per heavy atom. The summed E-state index contributed by atoms with van der Waals surface area (Å²) in [6, 6.07) is 11.6. The molecule has 3 rings (SSSR count). The molecule has 1 aliphatic rings. The summed E-state index contributed by atoms with van der Waals surface area (Å²) in [5, 5.41) is 32.1. The Balaban J connectivity index is 2.02. The molecule has 0 bridgehead atoms. The van der Waals surface area contributed by atoms with Crippen molar-refractivity contribution in [3.8, 4) is 29.0 Å². The van der Waals surface area contributed by atoms with Crippen LogP contribution in [0.4, 0.5) is 5.82 Å². The van der Waals surface area contributed by atoms with Gasteiger partial charge in [-0.3, -0.25) is 0 Å². The van der Waals surface area contributed by atoms with Crippen molar-refractivity contribution >= 4 is 17.6 Å². The van der Waals surface area contributed by atoms with Gasteiger partial charge in [0.25, 0.3) is 0 Å². The number of ether oxygens (including phenoxy) is 2. The van der Waals surface area contributed by atoms with Gasteiger partial charge in [-0.25, -0.2) is 4.98 Å². The first kappa shape index (κ1) is 20.9. The smallest absolute Gasteiger partial charge is 0.145 e. The Kier molecular flexibility index (Phi) is 7.31. The average Bonchev–Trinajstić information content (AvgIpc) is 3.29. The molecule has 2 heterocycles. The normalized spacial score (nSPS) is 15.5. The van der Waals surface area contributed by atoms with E-state index in [0.717, 1.165) is 31.0 Å². The van der Waals surface area contributed by atoms with Crippen LogP contribution >= 0.6 is 11.8 Å². The third kappa shape index (κ3) is 4.80. The lowest BCUT2D eigenvalue weighted by Gasteiger charge is -2.16. The van der Waals surface area contributed by atoms with Crippen molar-refractivity contribution in [1.82, 2.24) is 4.98 Å². The van der Waals surface area contributed by atoms with Gasteiger partial charge in [0.2, 0.25) is 0 Å². The molecule has 29 heavy (non-hydrogen) atoms. The van der Waals surface area contributed by atoms with Gasteiger partial charge in [0.05, 0.1) is 18.8 Å². The van der Waals surface area contributed by atoms with E-state index in [-0.39, 0.29) is 13.2 Å². The quantitative estimate of drug-likeness (QED) is 0.639. The first-order chi connectivity index (χ1) is 14.2. The molecule has 8 heteroatoms. The summed E-state index contributed by atoms with van der Waals surface area (Å²) >= 11 is 1.53. The highest BCUT2D eigenvalue weighted by Gasteiger charge is 2.23. The summed E-state index contributed by atoms with van der Waals surface area (Å²) in [4.78, 5) is 4.55. The summed E-state index contributed by atoms with van der Waals surface area (Å²) in [6.07, 6.45) is 1.01. The summed E-state index contributed by atoms with van der Waals surface area (Å²) < 4.78 is 10.8. The SMILES string of the molecule is CNc1nc(SCC2CCOC2)c(C#N)c(-c2ccc(OCCO)cc2)c1C#N. The zero-order chi connectivity index (χ0) is 20.6. The lowest BCUT2D eigenvalue weighted by Crippen LogP contribution is -2.07. The second kappa shape index (κ2) is 10.1. The summed E-state index contributed by atoms with van der Waals surface area (Å²) in [7, 11) is 1.71. The van der Waals surface area contributed by atoms with Crippen LogP contribution in [-0.4, -0.2) is 49.3 Å². The number of anilines is 1. The molecule has 1 saturated heterocycles. The second-order valence-electron chi connectivity index (χ2n) is 6.50. The van der Waals surface area contributed by atoms with E-state index < -0.39 is 0 Å². The van der Waals surface area contributed by atoms with Crippen molar-refractivity contribution in [3.63, 3.8) is 0 Å². The van der Waals surface area contributed by atoms with E-state index in [1.165, 1.54) is 11.8 Å². The number of benzene rings is 1. The van der Waals surface area contributed by atoms with E-state index >= 15 is 0 Å². The Labute approximate surface area is 174 Å². The highest BCUT2D eigenvalue weighted by atomic mass is 32.2. The minimum absolute atomic E-state index is 0.0680. The number of rotatable bonds is 8. The fourth-order valence-electron chi connectivity index (χ4n) is 3.14. The van der Waals surface area contributed by atoms with Gasteiger partial charge in [-0.05, 0) is 30.0 Å². The fraction of sp³-hybridized carbons (Fsp3) is 0.381. The van der Waals surface area contributed by atoms with Gasteiger partial charge in [-0.15, -0.1) is 11.8 Å². The van der Waals surface area contributed by atoms with Crippen molar-refractivity contribution in [3.05, 3.63) is 35.4 Å². The lowest BCUT2D eigenvalue weighted by atomic mass is 9.96. The number of aliphatic hydroxyl groups excluding tert-OH is 1. The van der Waals surface area contributed by atoms with E-state index in [0.29, 0.717) is 39.2 Å². The van der Waals surface area contributed by atoms with E-state index in [1.54, 1.807) is 19.2 Å². The Morgan fingerprint density at radius 3 is 2.62 bits per heavy atom. The Hall–Kier alpha value is -2.78. The fourth-order valence-corrected chi connectivity index (χ4v) is 4.25. The molecular formula is C21H22N4O3S.